The van der Waals surface area contributed by atoms with Gasteiger partial charge in [-0.15, -0.1) is 0 Å². The lowest BCUT2D eigenvalue weighted by Crippen LogP contribution is -2.37. The highest BCUT2D eigenvalue weighted by Crippen LogP contribution is 2.23. The Labute approximate surface area is 182 Å². The number of aromatic nitrogens is 1. The minimum atomic E-state index is -0.238. The molecule has 1 heterocycles. The zero-order valence-electron chi connectivity index (χ0n) is 17.5. The molecule has 31 heavy (non-hydrogen) atoms. The van der Waals surface area contributed by atoms with E-state index in [4.69, 9.17) is 4.74 Å². The Kier molecular flexibility index (Phi) is 6.77. The highest BCUT2D eigenvalue weighted by Gasteiger charge is 2.16. The molecule has 1 fully saturated rings. The lowest BCUT2D eigenvalue weighted by Gasteiger charge is -2.12. The van der Waals surface area contributed by atoms with E-state index in [2.05, 4.69) is 15.6 Å². The lowest BCUT2D eigenvalue weighted by molar-refractivity contribution is -0.125. The van der Waals surface area contributed by atoms with E-state index in [-0.39, 0.29) is 30.9 Å². The van der Waals surface area contributed by atoms with Crippen LogP contribution in [0.5, 0.6) is 5.88 Å². The molecule has 0 spiro atoms. The minimum absolute atomic E-state index is 0.0557. The van der Waals surface area contributed by atoms with Crippen LogP contribution in [0.3, 0.4) is 0 Å². The molecule has 160 valence electrons. The van der Waals surface area contributed by atoms with Gasteiger partial charge in [0.2, 0.25) is 17.7 Å². The summed E-state index contributed by atoms with van der Waals surface area (Å²) in [6, 6.07) is 17.6. The number of rotatable bonds is 8. The van der Waals surface area contributed by atoms with Gasteiger partial charge in [0.25, 0.3) is 0 Å². The van der Waals surface area contributed by atoms with Crippen molar-refractivity contribution < 1.29 is 14.3 Å². The molecule has 0 saturated heterocycles. The number of pyridine rings is 1. The van der Waals surface area contributed by atoms with Crippen LogP contribution in [0.15, 0.2) is 60.8 Å². The Hall–Kier alpha value is -3.41. The highest BCUT2D eigenvalue weighted by atomic mass is 16.5. The summed E-state index contributed by atoms with van der Waals surface area (Å²) in [5.74, 6) is 0.210. The Balaban J connectivity index is 1.20. The van der Waals surface area contributed by atoms with Gasteiger partial charge in [-0.1, -0.05) is 48.5 Å². The molecular formula is C25H27N3O3. The summed E-state index contributed by atoms with van der Waals surface area (Å²) in [4.78, 5) is 28.7. The molecule has 1 aliphatic rings. The average molecular weight is 418 g/mol. The van der Waals surface area contributed by atoms with Crippen molar-refractivity contribution in [3.63, 3.8) is 0 Å². The summed E-state index contributed by atoms with van der Waals surface area (Å²) < 4.78 is 5.85. The van der Waals surface area contributed by atoms with Gasteiger partial charge in [0.15, 0.2) is 0 Å². The van der Waals surface area contributed by atoms with Gasteiger partial charge >= 0.3 is 0 Å². The van der Waals surface area contributed by atoms with Gasteiger partial charge in [-0.05, 0) is 47.6 Å². The molecule has 1 aromatic heterocycles. The second-order valence-corrected chi connectivity index (χ2v) is 7.90. The van der Waals surface area contributed by atoms with Crippen molar-refractivity contribution in [1.82, 2.24) is 15.6 Å². The summed E-state index contributed by atoms with van der Waals surface area (Å²) >= 11 is 0. The Morgan fingerprint density at radius 2 is 1.74 bits per heavy atom. The molecule has 1 aliphatic carbocycles. The number of nitrogens with zero attached hydrogens (tertiary/aromatic N) is 1. The number of carbonyl (C=O) groups is 2. The zero-order valence-corrected chi connectivity index (χ0v) is 17.5. The second kappa shape index (κ2) is 10.1. The first-order valence-electron chi connectivity index (χ1n) is 10.8. The van der Waals surface area contributed by atoms with Crippen LogP contribution >= 0.6 is 0 Å². The van der Waals surface area contributed by atoms with Gasteiger partial charge in [0.05, 0.1) is 13.0 Å². The fourth-order valence-electron chi connectivity index (χ4n) is 3.89. The van der Waals surface area contributed by atoms with Gasteiger partial charge in [-0.25, -0.2) is 4.98 Å². The molecule has 2 amide bonds. The molecular weight excluding hydrogens is 390 g/mol. The highest BCUT2D eigenvalue weighted by molar-refractivity contribution is 5.91. The molecule has 6 heteroatoms. The average Bonchev–Trinajstić information content (AvgIpc) is 3.30. The van der Waals surface area contributed by atoms with Crippen molar-refractivity contribution in [2.24, 2.45) is 0 Å². The first-order chi connectivity index (χ1) is 15.2. The number of amides is 2. The fraction of sp³-hybridized carbons (Fsp3) is 0.320. The summed E-state index contributed by atoms with van der Waals surface area (Å²) in [5, 5.41) is 7.65. The standard InChI is InChI=1S/C25H27N3O3/c29-23(14-20-8-5-7-19-6-1-4-11-22(19)20)27-17-24(30)26-15-18-12-13-25(28-16-18)31-21-9-2-3-10-21/h1,4-8,11-13,16,21H,2-3,9-10,14-15,17H2,(H,26,30)(H,27,29). The van der Waals surface area contributed by atoms with Gasteiger partial charge in [0, 0.05) is 18.8 Å². The van der Waals surface area contributed by atoms with Crippen LogP contribution in [0, 0.1) is 0 Å². The maximum atomic E-state index is 12.3. The molecule has 1 saturated carbocycles. The number of hydrogen-bond acceptors (Lipinski definition) is 4. The quantitative estimate of drug-likeness (QED) is 0.588. The molecule has 0 atom stereocenters. The van der Waals surface area contributed by atoms with Crippen LogP contribution in [0.2, 0.25) is 0 Å². The van der Waals surface area contributed by atoms with Gasteiger partial charge in [0.1, 0.15) is 6.10 Å². The van der Waals surface area contributed by atoms with E-state index in [9.17, 15) is 9.59 Å². The van der Waals surface area contributed by atoms with Crippen molar-refractivity contribution in [3.8, 4) is 5.88 Å². The van der Waals surface area contributed by atoms with Crippen molar-refractivity contribution in [2.75, 3.05) is 6.54 Å². The first-order valence-corrected chi connectivity index (χ1v) is 10.8. The molecule has 2 aromatic carbocycles. The van der Waals surface area contributed by atoms with E-state index >= 15 is 0 Å². The van der Waals surface area contributed by atoms with Crippen molar-refractivity contribution in [1.29, 1.82) is 0 Å². The topological polar surface area (TPSA) is 80.3 Å². The third-order valence-electron chi connectivity index (χ3n) is 5.55. The van der Waals surface area contributed by atoms with E-state index in [1.54, 1.807) is 6.20 Å². The van der Waals surface area contributed by atoms with Crippen LogP contribution in [0.4, 0.5) is 0 Å². The normalized spacial score (nSPS) is 13.8. The maximum Gasteiger partial charge on any atom is 0.239 e. The summed E-state index contributed by atoms with van der Waals surface area (Å²) in [7, 11) is 0. The van der Waals surface area contributed by atoms with Crippen molar-refractivity contribution >= 4 is 22.6 Å². The molecule has 0 aliphatic heterocycles. The van der Waals surface area contributed by atoms with Gasteiger partial charge < -0.3 is 15.4 Å². The minimum Gasteiger partial charge on any atom is -0.474 e. The number of fused-ring (bicyclic) bond motifs is 1. The van der Waals surface area contributed by atoms with E-state index in [0.717, 1.165) is 34.7 Å². The molecule has 0 bridgehead atoms. The smallest absolute Gasteiger partial charge is 0.239 e. The summed E-state index contributed by atoms with van der Waals surface area (Å²) in [6.07, 6.45) is 6.83. The Morgan fingerprint density at radius 1 is 0.935 bits per heavy atom. The third-order valence-corrected chi connectivity index (χ3v) is 5.55. The number of ether oxygens (including phenoxy) is 1. The van der Waals surface area contributed by atoms with E-state index in [1.165, 1.54) is 12.8 Å². The van der Waals surface area contributed by atoms with Crippen LogP contribution in [-0.2, 0) is 22.6 Å². The lowest BCUT2D eigenvalue weighted by atomic mass is 10.0. The molecule has 6 nitrogen and oxygen atoms in total. The molecule has 0 radical (unpaired) electrons. The van der Waals surface area contributed by atoms with E-state index in [1.807, 2.05) is 54.6 Å². The number of hydrogen-bond donors (Lipinski definition) is 2. The summed E-state index contributed by atoms with van der Waals surface area (Å²) in [6.45, 7) is 0.300. The van der Waals surface area contributed by atoms with Crippen molar-refractivity contribution in [2.45, 2.75) is 44.8 Å². The van der Waals surface area contributed by atoms with Gasteiger partial charge in [-0.2, -0.15) is 0 Å². The van der Waals surface area contributed by atoms with Crippen LogP contribution in [-0.4, -0.2) is 29.4 Å². The maximum absolute atomic E-state index is 12.3. The van der Waals surface area contributed by atoms with Crippen LogP contribution in [0.1, 0.15) is 36.8 Å². The first kappa shape index (κ1) is 20.8. The SMILES string of the molecule is O=C(CNC(=O)Cc1cccc2ccccc12)NCc1ccc(OC2CCCC2)nc1. The molecule has 2 N–H and O–H groups in total. The molecule has 3 aromatic rings. The van der Waals surface area contributed by atoms with Crippen molar-refractivity contribution in [3.05, 3.63) is 71.9 Å². The monoisotopic (exact) mass is 417 g/mol. The predicted octanol–water partition coefficient (Wildman–Crippen LogP) is 3.53. The fourth-order valence-corrected chi connectivity index (χ4v) is 3.89. The summed E-state index contributed by atoms with van der Waals surface area (Å²) in [5.41, 5.74) is 1.83. The van der Waals surface area contributed by atoms with Crippen LogP contribution in [0.25, 0.3) is 10.8 Å². The van der Waals surface area contributed by atoms with E-state index < -0.39 is 0 Å². The number of nitrogens with one attached hydrogen (secondary N) is 2. The zero-order chi connectivity index (χ0) is 21.5. The Bertz CT molecular complexity index is 1040. The largest absolute Gasteiger partial charge is 0.474 e. The number of carbonyl (C=O) groups excluding carboxylic acids is 2. The number of benzene rings is 2. The van der Waals surface area contributed by atoms with Crippen LogP contribution < -0.4 is 15.4 Å². The second-order valence-electron chi connectivity index (χ2n) is 7.90. The van der Waals surface area contributed by atoms with E-state index in [0.29, 0.717) is 12.4 Å². The predicted molar refractivity (Wildman–Crippen MR) is 120 cm³/mol. The van der Waals surface area contributed by atoms with Gasteiger partial charge in [-0.3, -0.25) is 9.59 Å². The molecule has 4 rings (SSSR count). The Morgan fingerprint density at radius 3 is 2.55 bits per heavy atom. The third kappa shape index (κ3) is 5.81. The molecule has 0 unspecified atom stereocenters.